The van der Waals surface area contributed by atoms with Gasteiger partial charge in [-0.25, -0.2) is 4.98 Å². The lowest BCUT2D eigenvalue weighted by atomic mass is 10.1. The monoisotopic (exact) mass is 281 g/mol. The van der Waals surface area contributed by atoms with Gasteiger partial charge in [0.25, 0.3) is 5.91 Å². The highest BCUT2D eigenvalue weighted by Crippen LogP contribution is 2.23. The molecule has 3 rings (SSSR count). The molecule has 2 fully saturated rings. The zero-order valence-corrected chi connectivity index (χ0v) is 12.1. The average molecular weight is 281 g/mol. The van der Waals surface area contributed by atoms with E-state index in [2.05, 4.69) is 22.1 Å². The van der Waals surface area contributed by atoms with Crippen LogP contribution in [0.2, 0.25) is 0 Å². The number of carbonyl (C=O) groups excluding carboxylic acids is 1. The summed E-state index contributed by atoms with van der Waals surface area (Å²) in [6, 6.07) is 0.692. The lowest BCUT2D eigenvalue weighted by molar-refractivity contribution is -0.0390. The topological polar surface area (TPSA) is 54.5 Å². The Bertz CT molecular complexity index is 476. The maximum Gasteiger partial charge on any atom is 0.263 e. The third-order valence-corrected chi connectivity index (χ3v) is 4.81. The first-order valence-corrected chi connectivity index (χ1v) is 7.58. The second-order valence-electron chi connectivity index (χ2n) is 5.42. The highest BCUT2D eigenvalue weighted by Gasteiger charge is 2.36. The number of aryl methyl sites for hydroxylation is 1. The van der Waals surface area contributed by atoms with Crippen molar-refractivity contribution in [1.29, 1.82) is 0 Å². The molecule has 0 radical (unpaired) electrons. The number of hydrogen-bond acceptors (Lipinski definition) is 5. The molecular formula is C13H19N3O2S. The van der Waals surface area contributed by atoms with Gasteiger partial charge in [-0.05, 0) is 20.3 Å². The largest absolute Gasteiger partial charge is 0.376 e. The number of nitrogens with zero attached hydrogens (tertiary/aromatic N) is 2. The van der Waals surface area contributed by atoms with E-state index in [-0.39, 0.29) is 11.9 Å². The molecule has 1 N–H and O–H groups in total. The Morgan fingerprint density at radius 2 is 2.42 bits per heavy atom. The van der Waals surface area contributed by atoms with E-state index >= 15 is 0 Å². The van der Waals surface area contributed by atoms with E-state index in [4.69, 9.17) is 4.74 Å². The van der Waals surface area contributed by atoms with Crippen molar-refractivity contribution >= 4 is 17.2 Å². The van der Waals surface area contributed by atoms with Crippen LogP contribution in [0.3, 0.4) is 0 Å². The van der Waals surface area contributed by atoms with E-state index in [1.807, 2.05) is 6.92 Å². The minimum absolute atomic E-state index is 0.0128. The van der Waals surface area contributed by atoms with Crippen LogP contribution in [0.5, 0.6) is 0 Å². The minimum atomic E-state index is 0.0128. The van der Waals surface area contributed by atoms with E-state index in [1.54, 1.807) is 5.51 Å². The van der Waals surface area contributed by atoms with Gasteiger partial charge in [-0.15, -0.1) is 11.3 Å². The first-order valence-electron chi connectivity index (χ1n) is 6.70. The number of morpholine rings is 1. The van der Waals surface area contributed by atoms with Crippen molar-refractivity contribution in [3.8, 4) is 0 Å². The second kappa shape index (κ2) is 5.19. The van der Waals surface area contributed by atoms with Gasteiger partial charge in [0.1, 0.15) is 4.88 Å². The highest BCUT2D eigenvalue weighted by atomic mass is 32.1. The van der Waals surface area contributed by atoms with Crippen LogP contribution in [-0.4, -0.2) is 53.7 Å². The molecule has 0 saturated carbocycles. The number of nitrogens with one attached hydrogen (secondary N) is 1. The SMILES string of the molecule is Cc1ncsc1C(=O)N[C@H]1C[C@H]2CO[C@@H](C)CN2C1. The van der Waals surface area contributed by atoms with Crippen LogP contribution in [0.4, 0.5) is 0 Å². The molecule has 6 heteroatoms. The number of aromatic nitrogens is 1. The van der Waals surface area contributed by atoms with E-state index in [1.165, 1.54) is 11.3 Å². The van der Waals surface area contributed by atoms with Crippen LogP contribution >= 0.6 is 11.3 Å². The fraction of sp³-hybridized carbons (Fsp3) is 0.692. The van der Waals surface area contributed by atoms with Gasteiger partial charge in [-0.1, -0.05) is 0 Å². The Balaban J connectivity index is 1.60. The van der Waals surface area contributed by atoms with Crippen molar-refractivity contribution in [2.45, 2.75) is 38.5 Å². The van der Waals surface area contributed by atoms with Gasteiger partial charge in [-0.3, -0.25) is 9.69 Å². The third-order valence-electron chi connectivity index (χ3n) is 3.88. The molecule has 3 heterocycles. The molecule has 2 saturated heterocycles. The first kappa shape index (κ1) is 13.0. The Kier molecular flexibility index (Phi) is 3.56. The van der Waals surface area contributed by atoms with Gasteiger partial charge in [0, 0.05) is 25.2 Å². The second-order valence-corrected chi connectivity index (χ2v) is 6.28. The van der Waals surface area contributed by atoms with Crippen LogP contribution in [0.25, 0.3) is 0 Å². The molecule has 0 bridgehead atoms. The number of carbonyl (C=O) groups is 1. The lowest BCUT2D eigenvalue weighted by Gasteiger charge is -2.33. The van der Waals surface area contributed by atoms with Gasteiger partial charge in [0.05, 0.1) is 23.9 Å². The molecule has 1 amide bonds. The molecule has 1 aromatic heterocycles. The zero-order valence-electron chi connectivity index (χ0n) is 11.3. The number of amides is 1. The van der Waals surface area contributed by atoms with Crippen molar-refractivity contribution in [3.05, 3.63) is 16.1 Å². The zero-order chi connectivity index (χ0) is 13.4. The van der Waals surface area contributed by atoms with Gasteiger partial charge < -0.3 is 10.1 Å². The standard InChI is InChI=1S/C13H19N3O2S/c1-8-4-16-5-10(3-11(16)6-18-8)15-13(17)12-9(2)14-7-19-12/h7-8,10-11H,3-6H2,1-2H3,(H,15,17)/t8-,10-,11-/m0/s1. The summed E-state index contributed by atoms with van der Waals surface area (Å²) in [6.07, 6.45) is 1.28. The summed E-state index contributed by atoms with van der Waals surface area (Å²) in [5.74, 6) is 0.0128. The van der Waals surface area contributed by atoms with Crippen LogP contribution in [0, 0.1) is 6.92 Å². The summed E-state index contributed by atoms with van der Waals surface area (Å²) >= 11 is 1.41. The number of ether oxygens (including phenoxy) is 1. The molecule has 1 aromatic rings. The summed E-state index contributed by atoms with van der Waals surface area (Å²) in [4.78, 5) is 19.4. The predicted octanol–water partition coefficient (Wildman–Crippen LogP) is 1.04. The molecule has 0 aromatic carbocycles. The van der Waals surface area contributed by atoms with Crippen LogP contribution < -0.4 is 5.32 Å². The van der Waals surface area contributed by atoms with E-state index in [0.717, 1.165) is 36.7 Å². The van der Waals surface area contributed by atoms with Crippen molar-refractivity contribution in [2.75, 3.05) is 19.7 Å². The fourth-order valence-corrected chi connectivity index (χ4v) is 3.62. The summed E-state index contributed by atoms with van der Waals surface area (Å²) in [5.41, 5.74) is 2.53. The maximum atomic E-state index is 12.2. The number of fused-ring (bicyclic) bond motifs is 1. The quantitative estimate of drug-likeness (QED) is 0.880. The lowest BCUT2D eigenvalue weighted by Crippen LogP contribution is -2.45. The van der Waals surface area contributed by atoms with E-state index < -0.39 is 0 Å². The molecule has 19 heavy (non-hydrogen) atoms. The minimum Gasteiger partial charge on any atom is -0.376 e. The van der Waals surface area contributed by atoms with Crippen molar-refractivity contribution < 1.29 is 9.53 Å². The van der Waals surface area contributed by atoms with Crippen LogP contribution in [0.15, 0.2) is 5.51 Å². The van der Waals surface area contributed by atoms with Gasteiger partial charge >= 0.3 is 0 Å². The Morgan fingerprint density at radius 1 is 1.58 bits per heavy atom. The van der Waals surface area contributed by atoms with Crippen molar-refractivity contribution in [3.63, 3.8) is 0 Å². The molecule has 0 unspecified atom stereocenters. The van der Waals surface area contributed by atoms with Crippen LogP contribution in [-0.2, 0) is 4.74 Å². The van der Waals surface area contributed by atoms with Gasteiger partial charge in [0.15, 0.2) is 0 Å². The molecule has 3 atom stereocenters. The van der Waals surface area contributed by atoms with Crippen molar-refractivity contribution in [1.82, 2.24) is 15.2 Å². The molecular weight excluding hydrogens is 262 g/mol. The number of thiazole rings is 1. The molecule has 0 aliphatic carbocycles. The number of hydrogen-bond donors (Lipinski definition) is 1. The van der Waals surface area contributed by atoms with Crippen LogP contribution in [0.1, 0.15) is 28.7 Å². The number of rotatable bonds is 2. The highest BCUT2D eigenvalue weighted by molar-refractivity contribution is 7.11. The average Bonchev–Trinajstić information content (AvgIpc) is 2.94. The summed E-state index contributed by atoms with van der Waals surface area (Å²) < 4.78 is 5.67. The summed E-state index contributed by atoms with van der Waals surface area (Å²) in [6.45, 7) is 6.66. The summed E-state index contributed by atoms with van der Waals surface area (Å²) in [7, 11) is 0. The Hall–Kier alpha value is -0.980. The third kappa shape index (κ3) is 2.66. The van der Waals surface area contributed by atoms with E-state index in [9.17, 15) is 4.79 Å². The normalized spacial score (nSPS) is 31.2. The fourth-order valence-electron chi connectivity index (χ4n) is 2.91. The molecule has 2 aliphatic rings. The van der Waals surface area contributed by atoms with E-state index in [0.29, 0.717) is 12.1 Å². The molecule has 5 nitrogen and oxygen atoms in total. The maximum absolute atomic E-state index is 12.2. The molecule has 104 valence electrons. The van der Waals surface area contributed by atoms with Gasteiger partial charge in [-0.2, -0.15) is 0 Å². The van der Waals surface area contributed by atoms with Crippen molar-refractivity contribution in [2.24, 2.45) is 0 Å². The predicted molar refractivity (Wildman–Crippen MR) is 73.5 cm³/mol. The first-order chi connectivity index (χ1) is 9.13. The summed E-state index contributed by atoms with van der Waals surface area (Å²) in [5, 5.41) is 3.13. The Labute approximate surface area is 117 Å². The molecule has 0 spiro atoms. The van der Waals surface area contributed by atoms with Gasteiger partial charge in [0.2, 0.25) is 0 Å². The smallest absolute Gasteiger partial charge is 0.263 e. The Morgan fingerprint density at radius 3 is 3.16 bits per heavy atom. The molecule has 2 aliphatic heterocycles.